The average molecular weight is 182 g/mol. The third kappa shape index (κ3) is 1.20. The fraction of sp³-hybridized carbons (Fsp3) is 0.111. The van der Waals surface area contributed by atoms with Gasteiger partial charge in [0.05, 0.1) is 5.56 Å². The van der Waals surface area contributed by atoms with Gasteiger partial charge in [0.2, 0.25) is 0 Å². The average Bonchev–Trinajstić information content (AvgIpc) is 2.04. The molecule has 0 radical (unpaired) electrons. The maximum absolute atomic E-state index is 13.0. The fourth-order valence-electron chi connectivity index (χ4n) is 1.13. The van der Waals surface area contributed by atoms with Crippen LogP contribution < -0.4 is 4.74 Å². The van der Waals surface area contributed by atoms with E-state index in [9.17, 15) is 4.39 Å². The van der Waals surface area contributed by atoms with Crippen molar-refractivity contribution in [2.45, 2.75) is 5.44 Å². The summed E-state index contributed by atoms with van der Waals surface area (Å²) in [5.41, 5.74) is 0.238. The Balaban J connectivity index is 2.53. The Labute approximate surface area is 75.3 Å². The molecule has 1 aliphatic rings. The summed E-state index contributed by atoms with van der Waals surface area (Å²) < 4.78 is 18.3. The van der Waals surface area contributed by atoms with E-state index in [0.717, 1.165) is 0 Å². The predicted octanol–water partition coefficient (Wildman–Crippen LogP) is 2.49. The monoisotopic (exact) mass is 182 g/mol. The van der Waals surface area contributed by atoms with E-state index in [0.29, 0.717) is 11.3 Å². The number of hydrogen-bond donors (Lipinski definition) is 1. The van der Waals surface area contributed by atoms with Gasteiger partial charge in [0.1, 0.15) is 11.6 Å². The number of benzene rings is 1. The molecule has 1 aliphatic heterocycles. The van der Waals surface area contributed by atoms with Gasteiger partial charge in [-0.3, -0.25) is 0 Å². The Kier molecular flexibility index (Phi) is 1.81. The molecule has 0 saturated carbocycles. The van der Waals surface area contributed by atoms with Crippen LogP contribution in [-0.4, -0.2) is 5.44 Å². The highest BCUT2D eigenvalue weighted by molar-refractivity contribution is 7.81. The molecule has 1 heterocycles. The summed E-state index contributed by atoms with van der Waals surface area (Å²) in [7, 11) is 0. The second-order valence-electron chi connectivity index (χ2n) is 2.52. The van der Waals surface area contributed by atoms with E-state index in [1.807, 2.05) is 0 Å². The van der Waals surface area contributed by atoms with Crippen molar-refractivity contribution in [1.82, 2.24) is 0 Å². The third-order valence-corrected chi connectivity index (χ3v) is 1.97. The maximum atomic E-state index is 13.0. The van der Waals surface area contributed by atoms with Crippen LogP contribution in [0.25, 0.3) is 6.08 Å². The van der Waals surface area contributed by atoms with Gasteiger partial charge >= 0.3 is 0 Å². The van der Waals surface area contributed by atoms with Crippen LogP contribution in [0.15, 0.2) is 24.3 Å². The lowest BCUT2D eigenvalue weighted by atomic mass is 10.1. The summed E-state index contributed by atoms with van der Waals surface area (Å²) in [5, 5.41) is 0. The highest BCUT2D eigenvalue weighted by Crippen LogP contribution is 2.28. The standard InChI is InChI=1S/C9H7FOS/c10-7-2-1-3-8-6(7)4-5-9(12)11-8/h1-5,9,12H. The largest absolute Gasteiger partial charge is 0.475 e. The Morgan fingerprint density at radius 1 is 1.42 bits per heavy atom. The van der Waals surface area contributed by atoms with Crippen LogP contribution in [0.3, 0.4) is 0 Å². The van der Waals surface area contributed by atoms with Gasteiger partial charge in [-0.15, -0.1) is 12.6 Å². The molecule has 12 heavy (non-hydrogen) atoms. The molecule has 1 nitrogen and oxygen atoms in total. The van der Waals surface area contributed by atoms with Crippen molar-refractivity contribution in [3.63, 3.8) is 0 Å². The molecule has 1 unspecified atom stereocenters. The van der Waals surface area contributed by atoms with E-state index in [1.165, 1.54) is 6.07 Å². The molecule has 1 atom stereocenters. The van der Waals surface area contributed by atoms with Crippen molar-refractivity contribution in [2.24, 2.45) is 0 Å². The molecule has 0 amide bonds. The van der Waals surface area contributed by atoms with Gasteiger partial charge in [0.15, 0.2) is 5.44 Å². The van der Waals surface area contributed by atoms with Gasteiger partial charge in [-0.2, -0.15) is 0 Å². The zero-order valence-corrected chi connectivity index (χ0v) is 7.09. The van der Waals surface area contributed by atoms with Crippen LogP contribution in [-0.2, 0) is 0 Å². The second-order valence-corrected chi connectivity index (χ2v) is 3.03. The molecular weight excluding hydrogens is 175 g/mol. The minimum atomic E-state index is -0.265. The van der Waals surface area contributed by atoms with Gasteiger partial charge in [0.25, 0.3) is 0 Å². The van der Waals surface area contributed by atoms with E-state index in [-0.39, 0.29) is 11.3 Å². The maximum Gasteiger partial charge on any atom is 0.160 e. The highest BCUT2D eigenvalue weighted by Gasteiger charge is 2.13. The third-order valence-electron chi connectivity index (χ3n) is 1.69. The van der Waals surface area contributed by atoms with E-state index < -0.39 is 0 Å². The molecule has 0 fully saturated rings. The SMILES string of the molecule is Fc1cccc2c1C=CC(S)O2. The zero-order chi connectivity index (χ0) is 8.55. The Hall–Kier alpha value is -0.960. The van der Waals surface area contributed by atoms with E-state index in [2.05, 4.69) is 12.6 Å². The van der Waals surface area contributed by atoms with Crippen LogP contribution >= 0.6 is 12.6 Å². The Morgan fingerprint density at radius 2 is 2.25 bits per heavy atom. The Bertz CT molecular complexity index is 335. The minimum absolute atomic E-state index is 0.260. The first-order valence-corrected chi connectivity index (χ1v) is 4.10. The molecule has 0 spiro atoms. The van der Waals surface area contributed by atoms with Crippen molar-refractivity contribution < 1.29 is 9.13 Å². The van der Waals surface area contributed by atoms with Gasteiger partial charge < -0.3 is 4.74 Å². The first-order valence-electron chi connectivity index (χ1n) is 3.59. The highest BCUT2D eigenvalue weighted by atomic mass is 32.1. The van der Waals surface area contributed by atoms with E-state index >= 15 is 0 Å². The molecular formula is C9H7FOS. The van der Waals surface area contributed by atoms with Crippen LogP contribution in [0.4, 0.5) is 4.39 Å². The quantitative estimate of drug-likeness (QED) is 0.606. The number of thiol groups is 1. The summed E-state index contributed by atoms with van der Waals surface area (Å²) in [4.78, 5) is 0. The smallest absolute Gasteiger partial charge is 0.160 e. The lowest BCUT2D eigenvalue weighted by Gasteiger charge is -2.17. The van der Waals surface area contributed by atoms with Crippen molar-refractivity contribution in [3.05, 3.63) is 35.7 Å². The van der Waals surface area contributed by atoms with Gasteiger partial charge in [-0.25, -0.2) is 4.39 Å². The van der Waals surface area contributed by atoms with Crippen LogP contribution in [0.2, 0.25) is 0 Å². The van der Waals surface area contributed by atoms with Crippen LogP contribution in [0.5, 0.6) is 5.75 Å². The van der Waals surface area contributed by atoms with Gasteiger partial charge in [-0.1, -0.05) is 6.07 Å². The van der Waals surface area contributed by atoms with Crippen molar-refractivity contribution in [2.75, 3.05) is 0 Å². The summed E-state index contributed by atoms with van der Waals surface area (Å²) in [6, 6.07) is 4.75. The summed E-state index contributed by atoms with van der Waals surface area (Å²) in [6.45, 7) is 0. The molecule has 0 N–H and O–H groups in total. The molecule has 0 saturated heterocycles. The molecule has 1 aromatic carbocycles. The van der Waals surface area contributed by atoms with E-state index in [1.54, 1.807) is 24.3 Å². The van der Waals surface area contributed by atoms with Crippen LogP contribution in [0.1, 0.15) is 5.56 Å². The lowest BCUT2D eigenvalue weighted by Crippen LogP contribution is -2.10. The molecule has 62 valence electrons. The van der Waals surface area contributed by atoms with E-state index in [4.69, 9.17) is 4.74 Å². The first-order chi connectivity index (χ1) is 5.77. The summed E-state index contributed by atoms with van der Waals surface area (Å²) >= 11 is 4.09. The normalized spacial score (nSPS) is 20.0. The van der Waals surface area contributed by atoms with Gasteiger partial charge in [0, 0.05) is 0 Å². The van der Waals surface area contributed by atoms with Crippen molar-refractivity contribution in [1.29, 1.82) is 0 Å². The molecule has 0 aromatic heterocycles. The minimum Gasteiger partial charge on any atom is -0.475 e. The summed E-state index contributed by atoms with van der Waals surface area (Å²) in [6.07, 6.45) is 3.39. The number of halogens is 1. The Morgan fingerprint density at radius 3 is 3.08 bits per heavy atom. The summed E-state index contributed by atoms with van der Waals surface area (Å²) in [5.74, 6) is 0.293. The zero-order valence-electron chi connectivity index (χ0n) is 6.20. The van der Waals surface area contributed by atoms with Crippen molar-refractivity contribution >= 4 is 18.7 Å². The number of fused-ring (bicyclic) bond motifs is 1. The van der Waals surface area contributed by atoms with Crippen LogP contribution in [0, 0.1) is 5.82 Å². The topological polar surface area (TPSA) is 9.23 Å². The molecule has 0 bridgehead atoms. The van der Waals surface area contributed by atoms with Gasteiger partial charge in [-0.05, 0) is 24.3 Å². The molecule has 1 aromatic rings. The molecule has 0 aliphatic carbocycles. The number of hydrogen-bond acceptors (Lipinski definition) is 2. The van der Waals surface area contributed by atoms with Crippen molar-refractivity contribution in [3.8, 4) is 5.75 Å². The number of ether oxygens (including phenoxy) is 1. The predicted molar refractivity (Wildman–Crippen MR) is 48.8 cm³/mol. The first kappa shape index (κ1) is 7.68. The number of rotatable bonds is 0. The molecule has 3 heteroatoms. The fourth-order valence-corrected chi connectivity index (χ4v) is 1.33. The molecule has 2 rings (SSSR count). The second kappa shape index (κ2) is 2.83. The lowest BCUT2D eigenvalue weighted by molar-refractivity contribution is 0.328.